The predicted molar refractivity (Wildman–Crippen MR) is 91.9 cm³/mol. The number of aromatic nitrogens is 2. The summed E-state index contributed by atoms with van der Waals surface area (Å²) < 4.78 is 26.7. The van der Waals surface area contributed by atoms with Gasteiger partial charge >= 0.3 is 0 Å². The zero-order valence-electron chi connectivity index (χ0n) is 12.3. The number of hydrogen-bond donors (Lipinski definition) is 2. The van der Waals surface area contributed by atoms with E-state index < -0.39 is 10.0 Å². The third kappa shape index (κ3) is 4.67. The van der Waals surface area contributed by atoms with Crippen LogP contribution in [0.4, 0.5) is 17.3 Å². The van der Waals surface area contributed by atoms with E-state index in [0.717, 1.165) is 15.7 Å². The smallest absolute Gasteiger partial charge is 0.233 e. The van der Waals surface area contributed by atoms with E-state index in [1.54, 1.807) is 19.1 Å². The third-order valence-corrected chi connectivity index (χ3v) is 5.18. The van der Waals surface area contributed by atoms with Gasteiger partial charge in [-0.3, -0.25) is 4.72 Å². The van der Waals surface area contributed by atoms with Gasteiger partial charge in [-0.1, -0.05) is 22.9 Å². The van der Waals surface area contributed by atoms with Gasteiger partial charge in [-0.2, -0.15) is 0 Å². The van der Waals surface area contributed by atoms with Gasteiger partial charge in [-0.15, -0.1) is 10.2 Å². The van der Waals surface area contributed by atoms with Gasteiger partial charge in [-0.25, -0.2) is 8.42 Å². The number of sulfonamides is 1. The topological polar surface area (TPSA) is 84.0 Å². The first-order chi connectivity index (χ1) is 10.4. The van der Waals surface area contributed by atoms with Gasteiger partial charge in [-0.05, 0) is 49.2 Å². The second-order valence-corrected chi connectivity index (χ2v) is 7.51. The molecule has 0 aliphatic rings. The fraction of sp³-hybridized carbons (Fsp3) is 0.286. The summed E-state index contributed by atoms with van der Waals surface area (Å²) in [5, 5.41) is 11.0. The highest BCUT2D eigenvalue weighted by Gasteiger charge is 2.10. The summed E-state index contributed by atoms with van der Waals surface area (Å²) in [5.74, 6) is 0.818. The SMILES string of the molecule is CCCS(=O)(=O)Nc1ccc(Nc2ccc(Br)c(C)c2)nn1. The minimum atomic E-state index is -3.34. The lowest BCUT2D eigenvalue weighted by atomic mass is 10.2. The van der Waals surface area contributed by atoms with E-state index in [4.69, 9.17) is 0 Å². The van der Waals surface area contributed by atoms with Crippen molar-refractivity contribution >= 4 is 43.3 Å². The molecule has 22 heavy (non-hydrogen) atoms. The molecule has 1 heterocycles. The fourth-order valence-electron chi connectivity index (χ4n) is 1.80. The lowest BCUT2D eigenvalue weighted by molar-refractivity contribution is 0.599. The Morgan fingerprint density at radius 1 is 1.14 bits per heavy atom. The van der Waals surface area contributed by atoms with E-state index in [-0.39, 0.29) is 11.6 Å². The molecular formula is C14H17BrN4O2S. The Labute approximate surface area is 138 Å². The molecule has 118 valence electrons. The molecule has 1 aromatic heterocycles. The van der Waals surface area contributed by atoms with Gasteiger partial charge in [0.1, 0.15) is 0 Å². The van der Waals surface area contributed by atoms with Crippen molar-refractivity contribution in [2.45, 2.75) is 20.3 Å². The molecule has 0 atom stereocenters. The number of anilines is 3. The van der Waals surface area contributed by atoms with Gasteiger partial charge in [0.05, 0.1) is 5.75 Å². The normalized spacial score (nSPS) is 11.2. The highest BCUT2D eigenvalue weighted by atomic mass is 79.9. The zero-order valence-corrected chi connectivity index (χ0v) is 14.7. The molecule has 0 fully saturated rings. The minimum absolute atomic E-state index is 0.0624. The van der Waals surface area contributed by atoms with Crippen molar-refractivity contribution in [1.29, 1.82) is 0 Å². The molecule has 2 rings (SSSR count). The monoisotopic (exact) mass is 384 g/mol. The van der Waals surface area contributed by atoms with Crippen molar-refractivity contribution in [2.24, 2.45) is 0 Å². The maximum Gasteiger partial charge on any atom is 0.233 e. The van der Waals surface area contributed by atoms with Crippen molar-refractivity contribution < 1.29 is 8.42 Å². The summed E-state index contributed by atoms with van der Waals surface area (Å²) in [4.78, 5) is 0. The highest BCUT2D eigenvalue weighted by Crippen LogP contribution is 2.22. The van der Waals surface area contributed by atoms with Gasteiger partial charge in [0.25, 0.3) is 0 Å². The molecule has 0 spiro atoms. The van der Waals surface area contributed by atoms with Crippen molar-refractivity contribution in [3.8, 4) is 0 Å². The molecule has 8 heteroatoms. The zero-order chi connectivity index (χ0) is 16.2. The second-order valence-electron chi connectivity index (χ2n) is 4.81. The van der Waals surface area contributed by atoms with Crippen LogP contribution in [0.3, 0.4) is 0 Å². The number of rotatable bonds is 6. The highest BCUT2D eigenvalue weighted by molar-refractivity contribution is 9.10. The van der Waals surface area contributed by atoms with Crippen LogP contribution in [-0.2, 0) is 10.0 Å². The lowest BCUT2D eigenvalue weighted by Gasteiger charge is -2.08. The molecule has 0 unspecified atom stereocenters. The Hall–Kier alpha value is -1.67. The van der Waals surface area contributed by atoms with Gasteiger partial charge < -0.3 is 5.32 Å². The van der Waals surface area contributed by atoms with Crippen LogP contribution >= 0.6 is 15.9 Å². The third-order valence-electron chi connectivity index (χ3n) is 2.83. The van der Waals surface area contributed by atoms with Gasteiger partial charge in [0, 0.05) is 10.2 Å². The van der Waals surface area contributed by atoms with Crippen LogP contribution in [0, 0.1) is 6.92 Å². The average molecular weight is 385 g/mol. The lowest BCUT2D eigenvalue weighted by Crippen LogP contribution is -2.17. The Morgan fingerprint density at radius 3 is 2.41 bits per heavy atom. The quantitative estimate of drug-likeness (QED) is 0.796. The van der Waals surface area contributed by atoms with E-state index in [9.17, 15) is 8.42 Å². The number of benzene rings is 1. The molecule has 0 saturated heterocycles. The molecular weight excluding hydrogens is 368 g/mol. The first-order valence-electron chi connectivity index (χ1n) is 6.77. The van der Waals surface area contributed by atoms with Gasteiger partial charge in [0.2, 0.25) is 10.0 Å². The Kier molecular flexibility index (Phi) is 5.36. The standard InChI is InChI=1S/C14H17BrN4O2S/c1-3-8-22(20,21)19-14-7-6-13(17-18-14)16-11-4-5-12(15)10(2)9-11/h4-7,9H,3,8H2,1-2H3,(H,16,17)(H,18,19). The van der Waals surface area contributed by atoms with Crippen molar-refractivity contribution in [3.63, 3.8) is 0 Å². The van der Waals surface area contributed by atoms with Gasteiger partial charge in [0.15, 0.2) is 11.6 Å². The number of nitrogens with one attached hydrogen (secondary N) is 2. The average Bonchev–Trinajstić information content (AvgIpc) is 2.44. The Balaban J connectivity index is 2.07. The number of nitrogens with zero attached hydrogens (tertiary/aromatic N) is 2. The number of hydrogen-bond acceptors (Lipinski definition) is 5. The van der Waals surface area contributed by atoms with Crippen molar-refractivity contribution in [2.75, 3.05) is 15.8 Å². The summed E-state index contributed by atoms with van der Waals surface area (Å²) in [6.45, 7) is 3.80. The summed E-state index contributed by atoms with van der Waals surface area (Å²) in [6.07, 6.45) is 0.547. The van der Waals surface area contributed by atoms with Crippen LogP contribution in [0.2, 0.25) is 0 Å². The second kappa shape index (κ2) is 7.06. The first kappa shape index (κ1) is 16.7. The Bertz CT molecular complexity index is 748. The van der Waals surface area contributed by atoms with Crippen LogP contribution in [-0.4, -0.2) is 24.4 Å². The Morgan fingerprint density at radius 2 is 1.82 bits per heavy atom. The van der Waals surface area contributed by atoms with E-state index in [2.05, 4.69) is 36.2 Å². The molecule has 0 bridgehead atoms. The molecule has 2 aromatic rings. The van der Waals surface area contributed by atoms with E-state index in [1.807, 2.05) is 25.1 Å². The molecule has 2 N–H and O–H groups in total. The van der Waals surface area contributed by atoms with Crippen LogP contribution in [0.5, 0.6) is 0 Å². The van der Waals surface area contributed by atoms with Crippen LogP contribution in [0.1, 0.15) is 18.9 Å². The van der Waals surface area contributed by atoms with Crippen LogP contribution in [0.15, 0.2) is 34.8 Å². The van der Waals surface area contributed by atoms with Crippen molar-refractivity contribution in [1.82, 2.24) is 10.2 Å². The molecule has 1 aromatic carbocycles. The largest absolute Gasteiger partial charge is 0.339 e. The summed E-state index contributed by atoms with van der Waals surface area (Å²) >= 11 is 3.44. The summed E-state index contributed by atoms with van der Waals surface area (Å²) in [7, 11) is -3.34. The summed E-state index contributed by atoms with van der Waals surface area (Å²) in [6, 6.07) is 9.08. The van der Waals surface area contributed by atoms with Crippen LogP contribution < -0.4 is 10.0 Å². The number of halogens is 1. The molecule has 0 aliphatic heterocycles. The van der Waals surface area contributed by atoms with Crippen molar-refractivity contribution in [3.05, 3.63) is 40.4 Å². The fourth-order valence-corrected chi connectivity index (χ4v) is 3.12. The molecule has 0 aliphatic carbocycles. The predicted octanol–water partition coefficient (Wildman–Crippen LogP) is 3.44. The number of aryl methyl sites for hydroxylation is 1. The first-order valence-corrected chi connectivity index (χ1v) is 9.21. The van der Waals surface area contributed by atoms with Crippen LogP contribution in [0.25, 0.3) is 0 Å². The van der Waals surface area contributed by atoms with E-state index in [0.29, 0.717) is 12.2 Å². The minimum Gasteiger partial charge on any atom is -0.339 e. The maximum absolute atomic E-state index is 11.6. The van der Waals surface area contributed by atoms with E-state index >= 15 is 0 Å². The molecule has 6 nitrogen and oxygen atoms in total. The molecule has 0 amide bonds. The molecule has 0 saturated carbocycles. The molecule has 0 radical (unpaired) electrons. The summed E-state index contributed by atoms with van der Waals surface area (Å²) in [5.41, 5.74) is 1.98. The van der Waals surface area contributed by atoms with E-state index in [1.165, 1.54) is 0 Å². The maximum atomic E-state index is 11.6.